The van der Waals surface area contributed by atoms with Gasteiger partial charge in [-0.3, -0.25) is 9.55 Å². The maximum absolute atomic E-state index is 13.3. The van der Waals surface area contributed by atoms with E-state index in [1.165, 1.54) is 6.07 Å². The van der Waals surface area contributed by atoms with Crippen LogP contribution in [0.5, 0.6) is 0 Å². The first-order valence-corrected chi connectivity index (χ1v) is 15.5. The highest BCUT2D eigenvalue weighted by Gasteiger charge is 2.31. The number of nitrogens with zero attached hydrogens (tertiary/aromatic N) is 5. The van der Waals surface area contributed by atoms with Crippen molar-refractivity contribution in [2.45, 2.75) is 38.6 Å². The maximum atomic E-state index is 13.3. The highest BCUT2D eigenvalue weighted by atomic mass is 28.3. The number of piperazine rings is 1. The molecule has 0 N–H and O–H groups in total. The predicted octanol–water partition coefficient (Wildman–Crippen LogP) is 5.60. The van der Waals surface area contributed by atoms with E-state index in [9.17, 15) is 13.2 Å². The predicted molar refractivity (Wildman–Crippen MR) is 135 cm³/mol. The number of rotatable bonds is 8. The molecule has 0 bridgehead atoms. The number of alkyl halides is 3. The Hall–Kier alpha value is -2.85. The minimum atomic E-state index is -4.40. The van der Waals surface area contributed by atoms with Crippen LogP contribution in [0.15, 0.2) is 55.0 Å². The summed E-state index contributed by atoms with van der Waals surface area (Å²) in [6.07, 6.45) is 1.01. The lowest BCUT2D eigenvalue weighted by atomic mass is 10.1. The lowest BCUT2D eigenvalue weighted by Crippen LogP contribution is -2.47. The van der Waals surface area contributed by atoms with Gasteiger partial charge in [0.25, 0.3) is 0 Å². The molecule has 4 rings (SSSR count). The minimum Gasteiger partial charge on any atom is -0.367 e. The molecule has 1 aliphatic rings. The molecule has 10 heteroatoms. The van der Waals surface area contributed by atoms with Crippen LogP contribution in [0.3, 0.4) is 0 Å². The van der Waals surface area contributed by atoms with Gasteiger partial charge in [-0.1, -0.05) is 31.8 Å². The van der Waals surface area contributed by atoms with Gasteiger partial charge in [-0.15, -0.1) is 0 Å². The number of anilines is 2. The van der Waals surface area contributed by atoms with E-state index < -0.39 is 19.8 Å². The number of benzene rings is 1. The van der Waals surface area contributed by atoms with Crippen LogP contribution in [-0.2, 0) is 17.6 Å². The van der Waals surface area contributed by atoms with E-state index in [0.29, 0.717) is 24.6 Å². The van der Waals surface area contributed by atoms with E-state index in [-0.39, 0.29) is 0 Å². The summed E-state index contributed by atoms with van der Waals surface area (Å²) in [5.74, 6) is 0.719. The van der Waals surface area contributed by atoms with Gasteiger partial charge in [-0.25, -0.2) is 4.98 Å². The fraction of sp³-hybridized carbons (Fsp3) is 0.440. The summed E-state index contributed by atoms with van der Waals surface area (Å²) < 4.78 is 47.7. The average molecular weight is 504 g/mol. The van der Waals surface area contributed by atoms with E-state index in [1.807, 2.05) is 22.9 Å². The monoisotopic (exact) mass is 503 g/mol. The zero-order valence-corrected chi connectivity index (χ0v) is 21.4. The third-order valence-corrected chi connectivity index (χ3v) is 7.75. The quantitative estimate of drug-likeness (QED) is 0.296. The molecule has 0 spiro atoms. The molecule has 0 amide bonds. The number of hydrogen-bond donors (Lipinski definition) is 0. The molecule has 2 aromatic heterocycles. The van der Waals surface area contributed by atoms with Crippen molar-refractivity contribution in [3.05, 3.63) is 60.6 Å². The van der Waals surface area contributed by atoms with Crippen molar-refractivity contribution in [2.75, 3.05) is 42.6 Å². The third-order valence-electron chi connectivity index (χ3n) is 6.04. The van der Waals surface area contributed by atoms with Gasteiger partial charge >= 0.3 is 6.18 Å². The van der Waals surface area contributed by atoms with Crippen LogP contribution in [-0.4, -0.2) is 55.4 Å². The first-order chi connectivity index (χ1) is 16.6. The summed E-state index contributed by atoms with van der Waals surface area (Å²) >= 11 is 0. The second-order valence-corrected chi connectivity index (χ2v) is 15.6. The summed E-state index contributed by atoms with van der Waals surface area (Å²) in [5.41, 5.74) is 1.35. The number of halogens is 3. The number of imidazole rings is 1. The SMILES string of the molecule is C[Si](C)(C)CCOCn1cc(-c2cccc(C(F)(F)F)c2)nc1N1CCN(c2cccnc2)CC1. The highest BCUT2D eigenvalue weighted by Crippen LogP contribution is 2.33. The van der Waals surface area contributed by atoms with Crippen LogP contribution in [0, 0.1) is 0 Å². The van der Waals surface area contributed by atoms with Crippen LogP contribution in [0.4, 0.5) is 24.8 Å². The molecule has 3 heterocycles. The molecule has 0 atom stereocenters. The van der Waals surface area contributed by atoms with Gasteiger partial charge in [0.1, 0.15) is 6.73 Å². The largest absolute Gasteiger partial charge is 0.416 e. The molecular formula is C25H32F3N5OSi. The first-order valence-electron chi connectivity index (χ1n) is 11.8. The van der Waals surface area contributed by atoms with E-state index in [4.69, 9.17) is 9.72 Å². The molecule has 0 saturated carbocycles. The van der Waals surface area contributed by atoms with E-state index in [2.05, 4.69) is 34.4 Å². The second kappa shape index (κ2) is 10.4. The maximum Gasteiger partial charge on any atom is 0.416 e. The number of pyridine rings is 1. The molecular weight excluding hydrogens is 471 g/mol. The summed E-state index contributed by atoms with van der Waals surface area (Å²) in [6, 6.07) is 10.3. The Kier molecular flexibility index (Phi) is 7.51. The van der Waals surface area contributed by atoms with Crippen molar-refractivity contribution < 1.29 is 17.9 Å². The van der Waals surface area contributed by atoms with Crippen molar-refractivity contribution in [2.24, 2.45) is 0 Å². The number of ether oxygens (including phenoxy) is 1. The average Bonchev–Trinajstić information content (AvgIpc) is 3.26. The van der Waals surface area contributed by atoms with Gasteiger partial charge in [-0.2, -0.15) is 13.2 Å². The van der Waals surface area contributed by atoms with Crippen molar-refractivity contribution in [1.29, 1.82) is 0 Å². The molecule has 0 radical (unpaired) electrons. The molecule has 188 valence electrons. The highest BCUT2D eigenvalue weighted by molar-refractivity contribution is 6.76. The van der Waals surface area contributed by atoms with E-state index in [0.717, 1.165) is 56.0 Å². The van der Waals surface area contributed by atoms with Crippen molar-refractivity contribution in [3.8, 4) is 11.3 Å². The van der Waals surface area contributed by atoms with E-state index in [1.54, 1.807) is 18.5 Å². The van der Waals surface area contributed by atoms with Crippen LogP contribution in [0.25, 0.3) is 11.3 Å². The van der Waals surface area contributed by atoms with Gasteiger partial charge in [-0.05, 0) is 30.3 Å². The molecule has 1 saturated heterocycles. The molecule has 6 nitrogen and oxygen atoms in total. The second-order valence-electron chi connectivity index (χ2n) is 10.0. The third kappa shape index (κ3) is 6.64. The van der Waals surface area contributed by atoms with Crippen LogP contribution < -0.4 is 9.80 Å². The molecule has 3 aromatic rings. The summed E-state index contributed by atoms with van der Waals surface area (Å²) in [5, 5.41) is 0. The van der Waals surface area contributed by atoms with Gasteiger partial charge in [0.05, 0.1) is 23.1 Å². The molecule has 1 aliphatic heterocycles. The zero-order valence-electron chi connectivity index (χ0n) is 20.4. The van der Waals surface area contributed by atoms with Gasteiger partial charge in [0.2, 0.25) is 5.95 Å². The smallest absolute Gasteiger partial charge is 0.367 e. The fourth-order valence-electron chi connectivity index (χ4n) is 3.99. The van der Waals surface area contributed by atoms with Gasteiger partial charge in [0.15, 0.2) is 0 Å². The minimum absolute atomic E-state index is 0.314. The molecule has 1 aromatic carbocycles. The Labute approximate surface area is 205 Å². The standard InChI is InChI=1S/C25H32F3N5OSi/c1-35(2,3)15-14-34-19-33-18-23(20-6-4-7-21(16-20)25(26,27)28)30-24(33)32-12-10-31(11-13-32)22-8-5-9-29-17-22/h4-9,16-18H,10-15,19H2,1-3H3. The summed E-state index contributed by atoms with van der Waals surface area (Å²) in [7, 11) is -1.23. The lowest BCUT2D eigenvalue weighted by Gasteiger charge is -2.36. The van der Waals surface area contributed by atoms with Crippen molar-refractivity contribution in [1.82, 2.24) is 14.5 Å². The zero-order chi connectivity index (χ0) is 25.1. The van der Waals surface area contributed by atoms with Crippen molar-refractivity contribution >= 4 is 19.7 Å². The Bertz CT molecular complexity index is 1110. The fourth-order valence-corrected chi connectivity index (χ4v) is 4.75. The normalized spacial score (nSPS) is 15.0. The van der Waals surface area contributed by atoms with Crippen LogP contribution in [0.2, 0.25) is 25.7 Å². The van der Waals surface area contributed by atoms with Gasteiger partial charge in [0, 0.05) is 58.8 Å². The van der Waals surface area contributed by atoms with Crippen LogP contribution >= 0.6 is 0 Å². The van der Waals surface area contributed by atoms with Crippen molar-refractivity contribution in [3.63, 3.8) is 0 Å². The Morgan fingerprint density at radius 3 is 2.40 bits per heavy atom. The first kappa shape index (κ1) is 25.2. The Morgan fingerprint density at radius 2 is 1.74 bits per heavy atom. The van der Waals surface area contributed by atoms with Crippen LogP contribution in [0.1, 0.15) is 5.56 Å². The molecule has 0 unspecified atom stereocenters. The lowest BCUT2D eigenvalue weighted by molar-refractivity contribution is -0.137. The van der Waals surface area contributed by atoms with E-state index >= 15 is 0 Å². The molecule has 0 aliphatic carbocycles. The number of aromatic nitrogens is 3. The molecule has 35 heavy (non-hydrogen) atoms. The van der Waals surface area contributed by atoms with Gasteiger partial charge < -0.3 is 14.5 Å². The number of hydrogen-bond acceptors (Lipinski definition) is 5. The summed E-state index contributed by atoms with van der Waals surface area (Å²) in [4.78, 5) is 13.4. The summed E-state index contributed by atoms with van der Waals surface area (Å²) in [6.45, 7) is 10.9. The molecule has 1 fully saturated rings. The Balaban J connectivity index is 1.54. The Morgan fingerprint density at radius 1 is 1.00 bits per heavy atom. The topological polar surface area (TPSA) is 46.4 Å².